The summed E-state index contributed by atoms with van der Waals surface area (Å²) < 4.78 is 0. The van der Waals surface area contributed by atoms with E-state index in [0.29, 0.717) is 0 Å². The Morgan fingerprint density at radius 3 is 2.86 bits per heavy atom. The Kier molecular flexibility index (Phi) is 4.37. The second-order valence-electron chi connectivity index (χ2n) is 5.97. The monoisotopic (exact) mass is 331 g/mol. The van der Waals surface area contributed by atoms with Crippen LogP contribution >= 0.6 is 23.1 Å². The first-order chi connectivity index (χ1) is 10.9. The first kappa shape index (κ1) is 14.5. The zero-order valence-corrected chi connectivity index (χ0v) is 14.3. The molecule has 0 atom stereocenters. The van der Waals surface area contributed by atoms with E-state index in [4.69, 9.17) is 0 Å². The molecular weight excluding hydrogens is 310 g/mol. The van der Waals surface area contributed by atoms with Gasteiger partial charge in [-0.15, -0.1) is 23.1 Å². The number of anilines is 1. The molecular formula is C17H21N3S2. The van der Waals surface area contributed by atoms with Gasteiger partial charge >= 0.3 is 0 Å². The molecule has 0 radical (unpaired) electrons. The summed E-state index contributed by atoms with van der Waals surface area (Å²) in [5.41, 5.74) is 3.04. The summed E-state index contributed by atoms with van der Waals surface area (Å²) >= 11 is 3.76. The molecule has 0 amide bonds. The smallest absolute Gasteiger partial charge is 0.185 e. The predicted molar refractivity (Wildman–Crippen MR) is 95.1 cm³/mol. The third-order valence-corrected chi connectivity index (χ3v) is 6.48. The molecule has 0 bridgehead atoms. The Balaban J connectivity index is 1.36. The van der Waals surface area contributed by atoms with Gasteiger partial charge in [0.05, 0.1) is 0 Å². The molecule has 0 unspecified atom stereocenters. The Hall–Kier alpha value is -1.04. The maximum Gasteiger partial charge on any atom is 0.185 e. The van der Waals surface area contributed by atoms with Crippen LogP contribution in [-0.4, -0.2) is 41.8 Å². The summed E-state index contributed by atoms with van der Waals surface area (Å²) in [6.07, 6.45) is 4.49. The number of thiazole rings is 1. The number of piperazine rings is 1. The minimum Gasteiger partial charge on any atom is -0.346 e. The molecule has 0 aliphatic carbocycles. The summed E-state index contributed by atoms with van der Waals surface area (Å²) in [5, 5.41) is 3.23. The van der Waals surface area contributed by atoms with Gasteiger partial charge in [-0.05, 0) is 35.8 Å². The molecule has 3 nitrogen and oxygen atoms in total. The lowest BCUT2D eigenvalue weighted by atomic mass is 10.1. The van der Waals surface area contributed by atoms with Gasteiger partial charge in [0.15, 0.2) is 5.13 Å². The van der Waals surface area contributed by atoms with E-state index in [1.54, 1.807) is 16.9 Å². The highest BCUT2D eigenvalue weighted by Gasteiger charge is 2.19. The summed E-state index contributed by atoms with van der Waals surface area (Å²) in [4.78, 5) is 10.9. The van der Waals surface area contributed by atoms with Crippen LogP contribution in [0.25, 0.3) is 0 Å². The maximum atomic E-state index is 4.42. The number of benzene rings is 1. The Morgan fingerprint density at radius 1 is 1.14 bits per heavy atom. The normalized spacial score (nSPS) is 19.2. The van der Waals surface area contributed by atoms with E-state index in [1.165, 1.54) is 34.2 Å². The van der Waals surface area contributed by atoms with Crippen LogP contribution in [0.15, 0.2) is 34.7 Å². The van der Waals surface area contributed by atoms with Crippen LogP contribution in [-0.2, 0) is 13.0 Å². The van der Waals surface area contributed by atoms with E-state index >= 15 is 0 Å². The van der Waals surface area contributed by atoms with Crippen LogP contribution in [0.3, 0.4) is 0 Å². The number of hydrogen-bond donors (Lipinski definition) is 0. The summed E-state index contributed by atoms with van der Waals surface area (Å²) in [5.74, 6) is 1.28. The van der Waals surface area contributed by atoms with Crippen molar-refractivity contribution in [2.24, 2.45) is 0 Å². The topological polar surface area (TPSA) is 19.4 Å². The number of hydrogen-bond acceptors (Lipinski definition) is 5. The second kappa shape index (κ2) is 6.60. The van der Waals surface area contributed by atoms with Crippen molar-refractivity contribution in [3.05, 3.63) is 40.9 Å². The third-order valence-electron chi connectivity index (χ3n) is 4.44. The van der Waals surface area contributed by atoms with Crippen LogP contribution in [0.2, 0.25) is 0 Å². The van der Waals surface area contributed by atoms with E-state index < -0.39 is 0 Å². The molecule has 2 aliphatic heterocycles. The van der Waals surface area contributed by atoms with Gasteiger partial charge in [-0.3, -0.25) is 4.90 Å². The van der Waals surface area contributed by atoms with Crippen LogP contribution in [0.5, 0.6) is 0 Å². The fourth-order valence-corrected chi connectivity index (χ4v) is 4.96. The second-order valence-corrected chi connectivity index (χ2v) is 7.98. The van der Waals surface area contributed by atoms with Crippen LogP contribution in [0.4, 0.5) is 5.13 Å². The van der Waals surface area contributed by atoms with Gasteiger partial charge in [0.1, 0.15) is 0 Å². The lowest BCUT2D eigenvalue weighted by Gasteiger charge is -2.34. The Labute approximate surface area is 140 Å². The number of fused-ring (bicyclic) bond motifs is 1. The molecule has 1 aromatic heterocycles. The highest BCUT2D eigenvalue weighted by Crippen LogP contribution is 2.30. The highest BCUT2D eigenvalue weighted by atomic mass is 32.2. The molecule has 0 spiro atoms. The number of thioether (sulfide) groups is 1. The Bertz CT molecular complexity index is 619. The van der Waals surface area contributed by atoms with Crippen molar-refractivity contribution in [1.82, 2.24) is 9.88 Å². The van der Waals surface area contributed by atoms with Gasteiger partial charge in [-0.25, -0.2) is 4.98 Å². The number of aromatic nitrogens is 1. The standard InChI is InChI=1S/C17H21N3S2/c1-2-15-12-14(3-4-16(15)21-10-1)13-19-6-8-20(9-7-19)17-18-5-11-22-17/h3-5,11-12H,1-2,6-10,13H2. The molecule has 5 heteroatoms. The molecule has 1 saturated heterocycles. The van der Waals surface area contributed by atoms with Gasteiger partial charge in [-0.1, -0.05) is 12.1 Å². The van der Waals surface area contributed by atoms with Crippen molar-refractivity contribution in [2.75, 3.05) is 36.8 Å². The van der Waals surface area contributed by atoms with Crippen molar-refractivity contribution < 1.29 is 0 Å². The largest absolute Gasteiger partial charge is 0.346 e. The number of nitrogens with zero attached hydrogens (tertiary/aromatic N) is 3. The van der Waals surface area contributed by atoms with Gasteiger partial charge in [-0.2, -0.15) is 0 Å². The van der Waals surface area contributed by atoms with Crippen molar-refractivity contribution in [1.29, 1.82) is 0 Å². The maximum absolute atomic E-state index is 4.42. The average Bonchev–Trinajstić information content (AvgIpc) is 3.10. The van der Waals surface area contributed by atoms with Gasteiger partial charge in [0.2, 0.25) is 0 Å². The zero-order valence-electron chi connectivity index (χ0n) is 12.7. The van der Waals surface area contributed by atoms with Gasteiger partial charge < -0.3 is 4.90 Å². The molecule has 116 valence electrons. The molecule has 1 fully saturated rings. The number of aryl methyl sites for hydroxylation is 1. The van der Waals surface area contributed by atoms with Crippen molar-refractivity contribution in [3.63, 3.8) is 0 Å². The fourth-order valence-electron chi connectivity index (χ4n) is 3.24. The first-order valence-corrected chi connectivity index (χ1v) is 9.86. The van der Waals surface area contributed by atoms with Gasteiger partial charge in [0.25, 0.3) is 0 Å². The lowest BCUT2D eigenvalue weighted by molar-refractivity contribution is 0.249. The molecule has 3 heterocycles. The van der Waals surface area contributed by atoms with Crippen LogP contribution in [0, 0.1) is 0 Å². The fraction of sp³-hybridized carbons (Fsp3) is 0.471. The minimum atomic E-state index is 1.09. The van der Waals surface area contributed by atoms with E-state index in [1.807, 2.05) is 18.0 Å². The summed E-state index contributed by atoms with van der Waals surface area (Å²) in [7, 11) is 0. The summed E-state index contributed by atoms with van der Waals surface area (Å²) in [6, 6.07) is 7.10. The zero-order chi connectivity index (χ0) is 14.8. The quantitative estimate of drug-likeness (QED) is 0.857. The minimum absolute atomic E-state index is 1.09. The highest BCUT2D eigenvalue weighted by molar-refractivity contribution is 7.99. The molecule has 22 heavy (non-hydrogen) atoms. The SMILES string of the molecule is c1csc(N2CCN(Cc3ccc4c(c3)CCCS4)CC2)n1. The van der Waals surface area contributed by atoms with E-state index in [9.17, 15) is 0 Å². The van der Waals surface area contributed by atoms with Gasteiger partial charge in [0, 0.05) is 49.2 Å². The van der Waals surface area contributed by atoms with Crippen LogP contribution < -0.4 is 4.90 Å². The average molecular weight is 332 g/mol. The Morgan fingerprint density at radius 2 is 2.05 bits per heavy atom. The third kappa shape index (κ3) is 3.16. The number of rotatable bonds is 3. The molecule has 2 aromatic rings. The van der Waals surface area contributed by atoms with Crippen molar-refractivity contribution >= 4 is 28.2 Å². The predicted octanol–water partition coefficient (Wildman–Crippen LogP) is 3.50. The summed E-state index contributed by atoms with van der Waals surface area (Å²) in [6.45, 7) is 5.53. The molecule has 0 saturated carbocycles. The molecule has 2 aliphatic rings. The van der Waals surface area contributed by atoms with Crippen molar-refractivity contribution in [2.45, 2.75) is 24.3 Å². The van der Waals surface area contributed by atoms with Crippen LogP contribution in [0.1, 0.15) is 17.5 Å². The first-order valence-electron chi connectivity index (χ1n) is 8.00. The van der Waals surface area contributed by atoms with E-state index in [2.05, 4.69) is 38.4 Å². The van der Waals surface area contributed by atoms with E-state index in [-0.39, 0.29) is 0 Å². The molecule has 4 rings (SSSR count). The molecule has 0 N–H and O–H groups in total. The lowest BCUT2D eigenvalue weighted by Crippen LogP contribution is -2.45. The van der Waals surface area contributed by atoms with E-state index in [0.717, 1.165) is 32.7 Å². The molecule has 1 aromatic carbocycles. The van der Waals surface area contributed by atoms with Crippen molar-refractivity contribution in [3.8, 4) is 0 Å².